The first-order chi connectivity index (χ1) is 8.93. The highest BCUT2D eigenvalue weighted by atomic mass is 35.5. The maximum atomic E-state index is 11.8. The minimum Gasteiger partial charge on any atom is -0.467 e. The Morgan fingerprint density at radius 2 is 1.79 bits per heavy atom. The summed E-state index contributed by atoms with van der Waals surface area (Å²) in [7, 11) is 1.29. The molecule has 0 fully saturated rings. The molecule has 5 nitrogen and oxygen atoms in total. The summed E-state index contributed by atoms with van der Waals surface area (Å²) in [5.74, 6) is -0.537. The van der Waals surface area contributed by atoms with Crippen molar-refractivity contribution in [1.82, 2.24) is 5.32 Å². The van der Waals surface area contributed by atoms with Crippen molar-refractivity contribution in [2.45, 2.75) is 19.9 Å². The van der Waals surface area contributed by atoms with E-state index in [-0.39, 0.29) is 5.92 Å². The van der Waals surface area contributed by atoms with Crippen LogP contribution in [0, 0.1) is 5.92 Å². The molecule has 0 bridgehead atoms. The first-order valence-corrected chi connectivity index (χ1v) is 6.22. The van der Waals surface area contributed by atoms with E-state index in [0.29, 0.717) is 10.7 Å². The van der Waals surface area contributed by atoms with Crippen molar-refractivity contribution in [3.8, 4) is 0 Å². The summed E-state index contributed by atoms with van der Waals surface area (Å²) in [5.41, 5.74) is 0.592. The molecule has 1 aromatic carbocycles. The molecule has 0 saturated carbocycles. The predicted molar refractivity (Wildman–Crippen MR) is 74.2 cm³/mol. The second kappa shape index (κ2) is 6.99. The van der Waals surface area contributed by atoms with Crippen LogP contribution in [-0.2, 0) is 9.53 Å². The van der Waals surface area contributed by atoms with Crippen molar-refractivity contribution in [3.63, 3.8) is 0 Å². The summed E-state index contributed by atoms with van der Waals surface area (Å²) >= 11 is 5.74. The number of benzene rings is 1. The summed E-state index contributed by atoms with van der Waals surface area (Å²) in [6.45, 7) is 3.65. The number of methoxy groups -OCH3 is 1. The molecule has 0 aliphatic rings. The zero-order chi connectivity index (χ0) is 14.4. The molecule has 1 aromatic rings. The average Bonchev–Trinajstić information content (AvgIpc) is 2.37. The zero-order valence-electron chi connectivity index (χ0n) is 11.1. The molecule has 2 N–H and O–H groups in total. The van der Waals surface area contributed by atoms with Gasteiger partial charge >= 0.3 is 12.0 Å². The Morgan fingerprint density at radius 3 is 2.26 bits per heavy atom. The molecule has 0 radical (unpaired) electrons. The lowest BCUT2D eigenvalue weighted by Crippen LogP contribution is -2.46. The van der Waals surface area contributed by atoms with E-state index in [2.05, 4.69) is 15.4 Å². The predicted octanol–water partition coefficient (Wildman–Crippen LogP) is 2.66. The van der Waals surface area contributed by atoms with E-state index in [9.17, 15) is 9.59 Å². The number of urea groups is 1. The highest BCUT2D eigenvalue weighted by Crippen LogP contribution is 2.13. The third kappa shape index (κ3) is 4.79. The lowest BCUT2D eigenvalue weighted by Gasteiger charge is -2.20. The van der Waals surface area contributed by atoms with Crippen molar-refractivity contribution in [1.29, 1.82) is 0 Å². The van der Waals surface area contributed by atoms with Crippen LogP contribution in [0.25, 0.3) is 0 Å². The van der Waals surface area contributed by atoms with Crippen LogP contribution in [0.1, 0.15) is 13.8 Å². The van der Waals surface area contributed by atoms with Gasteiger partial charge in [0.1, 0.15) is 6.04 Å². The molecule has 0 unspecified atom stereocenters. The van der Waals surface area contributed by atoms with Gasteiger partial charge in [-0.25, -0.2) is 9.59 Å². The molecule has 0 aliphatic carbocycles. The molecule has 0 spiro atoms. The topological polar surface area (TPSA) is 67.4 Å². The van der Waals surface area contributed by atoms with Gasteiger partial charge in [-0.1, -0.05) is 25.4 Å². The first-order valence-electron chi connectivity index (χ1n) is 5.85. The van der Waals surface area contributed by atoms with Gasteiger partial charge in [0.15, 0.2) is 0 Å². The molecular formula is C13H17ClN2O3. The molecule has 1 rings (SSSR count). The quantitative estimate of drug-likeness (QED) is 0.835. The Balaban J connectivity index is 2.62. The van der Waals surface area contributed by atoms with Gasteiger partial charge in [-0.2, -0.15) is 0 Å². The van der Waals surface area contributed by atoms with Gasteiger partial charge in [0, 0.05) is 10.7 Å². The van der Waals surface area contributed by atoms with E-state index < -0.39 is 18.0 Å². The van der Waals surface area contributed by atoms with Crippen molar-refractivity contribution >= 4 is 29.3 Å². The highest BCUT2D eigenvalue weighted by molar-refractivity contribution is 6.30. The molecule has 0 saturated heterocycles. The van der Waals surface area contributed by atoms with E-state index in [1.165, 1.54) is 7.11 Å². The van der Waals surface area contributed by atoms with E-state index >= 15 is 0 Å². The molecule has 0 aliphatic heterocycles. The Labute approximate surface area is 117 Å². The summed E-state index contributed by atoms with van der Waals surface area (Å²) in [5, 5.41) is 5.77. The number of hydrogen-bond donors (Lipinski definition) is 2. The number of hydrogen-bond acceptors (Lipinski definition) is 3. The highest BCUT2D eigenvalue weighted by Gasteiger charge is 2.24. The molecule has 2 amide bonds. The summed E-state index contributed by atoms with van der Waals surface area (Å²) < 4.78 is 4.64. The van der Waals surface area contributed by atoms with E-state index in [1.807, 2.05) is 13.8 Å². The first kappa shape index (κ1) is 15.3. The maximum absolute atomic E-state index is 11.8. The minimum absolute atomic E-state index is 0.0663. The van der Waals surface area contributed by atoms with Crippen LogP contribution in [-0.4, -0.2) is 25.2 Å². The van der Waals surface area contributed by atoms with Gasteiger partial charge in [-0.3, -0.25) is 0 Å². The third-order valence-corrected chi connectivity index (χ3v) is 2.76. The Bertz CT molecular complexity index is 446. The molecule has 19 heavy (non-hydrogen) atoms. The number of anilines is 1. The molecule has 6 heteroatoms. The lowest BCUT2D eigenvalue weighted by molar-refractivity contribution is -0.143. The van der Waals surface area contributed by atoms with E-state index in [4.69, 9.17) is 11.6 Å². The Hall–Kier alpha value is -1.75. The monoisotopic (exact) mass is 284 g/mol. The van der Waals surface area contributed by atoms with Crippen LogP contribution in [0.2, 0.25) is 5.02 Å². The SMILES string of the molecule is COC(=O)[C@H](NC(=O)Nc1ccc(Cl)cc1)C(C)C. The summed E-state index contributed by atoms with van der Waals surface area (Å²) in [4.78, 5) is 23.3. The summed E-state index contributed by atoms with van der Waals surface area (Å²) in [6, 6.07) is 5.52. The minimum atomic E-state index is -0.683. The maximum Gasteiger partial charge on any atom is 0.328 e. The van der Waals surface area contributed by atoms with E-state index in [1.54, 1.807) is 24.3 Å². The van der Waals surface area contributed by atoms with Crippen molar-refractivity contribution in [2.75, 3.05) is 12.4 Å². The third-order valence-electron chi connectivity index (χ3n) is 2.51. The number of carbonyl (C=O) groups is 2. The van der Waals surface area contributed by atoms with Crippen LogP contribution in [0.15, 0.2) is 24.3 Å². The number of halogens is 1. The van der Waals surface area contributed by atoms with Gasteiger partial charge in [0.05, 0.1) is 7.11 Å². The lowest BCUT2D eigenvalue weighted by atomic mass is 10.1. The van der Waals surface area contributed by atoms with Crippen molar-refractivity contribution in [3.05, 3.63) is 29.3 Å². The van der Waals surface area contributed by atoms with Gasteiger partial charge in [0.2, 0.25) is 0 Å². The van der Waals surface area contributed by atoms with E-state index in [0.717, 1.165) is 0 Å². The number of ether oxygens (including phenoxy) is 1. The van der Waals surface area contributed by atoms with Gasteiger partial charge in [-0.15, -0.1) is 0 Å². The van der Waals surface area contributed by atoms with Gasteiger partial charge in [0.25, 0.3) is 0 Å². The number of amides is 2. The Morgan fingerprint density at radius 1 is 1.21 bits per heavy atom. The molecule has 0 aromatic heterocycles. The van der Waals surface area contributed by atoms with Crippen LogP contribution in [0.5, 0.6) is 0 Å². The second-order valence-corrected chi connectivity index (χ2v) is 4.79. The number of esters is 1. The van der Waals surface area contributed by atoms with Crippen LogP contribution in [0.4, 0.5) is 10.5 Å². The average molecular weight is 285 g/mol. The number of rotatable bonds is 4. The Kier molecular flexibility index (Phi) is 5.63. The fourth-order valence-corrected chi connectivity index (χ4v) is 1.59. The fourth-order valence-electron chi connectivity index (χ4n) is 1.47. The van der Waals surface area contributed by atoms with Crippen LogP contribution >= 0.6 is 11.6 Å². The van der Waals surface area contributed by atoms with Crippen molar-refractivity contribution in [2.24, 2.45) is 5.92 Å². The number of nitrogens with one attached hydrogen (secondary N) is 2. The zero-order valence-corrected chi connectivity index (χ0v) is 11.8. The molecule has 1 atom stereocenters. The fraction of sp³-hybridized carbons (Fsp3) is 0.385. The van der Waals surface area contributed by atoms with Gasteiger partial charge < -0.3 is 15.4 Å². The van der Waals surface area contributed by atoms with Crippen LogP contribution in [0.3, 0.4) is 0 Å². The van der Waals surface area contributed by atoms with Crippen molar-refractivity contribution < 1.29 is 14.3 Å². The second-order valence-electron chi connectivity index (χ2n) is 4.35. The standard InChI is InChI=1S/C13H17ClN2O3/c1-8(2)11(12(17)19-3)16-13(18)15-10-6-4-9(14)5-7-10/h4-8,11H,1-3H3,(H2,15,16,18)/t11-/m1/s1. The summed E-state index contributed by atoms with van der Waals surface area (Å²) in [6.07, 6.45) is 0. The molecular weight excluding hydrogens is 268 g/mol. The van der Waals surface area contributed by atoms with Crippen LogP contribution < -0.4 is 10.6 Å². The van der Waals surface area contributed by atoms with Gasteiger partial charge in [-0.05, 0) is 30.2 Å². The smallest absolute Gasteiger partial charge is 0.328 e. The molecule has 104 valence electrons. The largest absolute Gasteiger partial charge is 0.467 e. The number of carbonyl (C=O) groups excluding carboxylic acids is 2. The normalized spacial score (nSPS) is 11.8. The molecule has 0 heterocycles.